The maximum atomic E-state index is 11.8. The second-order valence-electron chi connectivity index (χ2n) is 6.16. The highest BCUT2D eigenvalue weighted by atomic mass is 32.1. The van der Waals surface area contributed by atoms with Gasteiger partial charge in [-0.15, -0.1) is 0 Å². The Balaban J connectivity index is 1.56. The standard InChI is InChI=1S/C19H17N7OS/c1-26(2)19(27)22-13-7-10-21-16(11-13)25-18-24-15-4-3-14(23-17(15)28-18)12-5-8-20-9-6-12/h3-11H,1-2H3,(H2,21,22,24,25,27). The first kappa shape index (κ1) is 17.8. The van der Waals surface area contributed by atoms with Gasteiger partial charge in [-0.25, -0.2) is 19.7 Å². The zero-order valence-corrected chi connectivity index (χ0v) is 16.1. The van der Waals surface area contributed by atoms with Crippen molar-refractivity contribution in [1.82, 2.24) is 24.8 Å². The number of pyridine rings is 3. The number of aromatic nitrogens is 4. The van der Waals surface area contributed by atoms with Crippen LogP contribution < -0.4 is 10.6 Å². The molecule has 2 N–H and O–H groups in total. The van der Waals surface area contributed by atoms with Crippen LogP contribution in [0.3, 0.4) is 0 Å². The van der Waals surface area contributed by atoms with E-state index >= 15 is 0 Å². The molecule has 0 saturated heterocycles. The summed E-state index contributed by atoms with van der Waals surface area (Å²) in [6.45, 7) is 0. The molecular formula is C19H17N7OS. The third-order valence-electron chi connectivity index (χ3n) is 3.88. The molecule has 0 unspecified atom stereocenters. The Hall–Kier alpha value is -3.59. The number of hydrogen-bond acceptors (Lipinski definition) is 7. The van der Waals surface area contributed by atoms with E-state index < -0.39 is 0 Å². The lowest BCUT2D eigenvalue weighted by atomic mass is 10.2. The van der Waals surface area contributed by atoms with Crippen molar-refractivity contribution in [2.75, 3.05) is 24.7 Å². The van der Waals surface area contributed by atoms with Crippen molar-refractivity contribution in [3.05, 3.63) is 55.0 Å². The normalized spacial score (nSPS) is 10.6. The molecule has 4 aromatic heterocycles. The smallest absolute Gasteiger partial charge is 0.321 e. The van der Waals surface area contributed by atoms with Gasteiger partial charge >= 0.3 is 6.03 Å². The van der Waals surface area contributed by atoms with E-state index in [0.717, 1.165) is 21.6 Å². The molecule has 0 bridgehead atoms. The fourth-order valence-electron chi connectivity index (χ4n) is 2.48. The van der Waals surface area contributed by atoms with Gasteiger partial charge in [0, 0.05) is 50.0 Å². The fourth-order valence-corrected chi connectivity index (χ4v) is 3.32. The SMILES string of the molecule is CN(C)C(=O)Nc1ccnc(Nc2nc3ccc(-c4ccncc4)nc3s2)c1. The van der Waals surface area contributed by atoms with Crippen molar-refractivity contribution in [3.63, 3.8) is 0 Å². The van der Waals surface area contributed by atoms with E-state index in [1.54, 1.807) is 44.8 Å². The second-order valence-corrected chi connectivity index (χ2v) is 7.13. The number of amides is 2. The quantitative estimate of drug-likeness (QED) is 0.546. The van der Waals surface area contributed by atoms with E-state index in [1.807, 2.05) is 24.3 Å². The molecule has 4 heterocycles. The van der Waals surface area contributed by atoms with Crippen molar-refractivity contribution in [2.24, 2.45) is 0 Å². The van der Waals surface area contributed by atoms with Gasteiger partial charge in [-0.1, -0.05) is 11.3 Å². The van der Waals surface area contributed by atoms with Gasteiger partial charge in [0.2, 0.25) is 0 Å². The summed E-state index contributed by atoms with van der Waals surface area (Å²) in [4.78, 5) is 31.7. The molecule has 0 aromatic carbocycles. The Labute approximate surface area is 165 Å². The van der Waals surface area contributed by atoms with E-state index in [0.29, 0.717) is 16.6 Å². The lowest BCUT2D eigenvalue weighted by Gasteiger charge is -2.12. The van der Waals surface area contributed by atoms with E-state index in [1.165, 1.54) is 16.2 Å². The number of rotatable bonds is 4. The molecular weight excluding hydrogens is 374 g/mol. The average molecular weight is 391 g/mol. The topological polar surface area (TPSA) is 95.9 Å². The maximum absolute atomic E-state index is 11.8. The summed E-state index contributed by atoms with van der Waals surface area (Å²) in [5, 5.41) is 6.65. The van der Waals surface area contributed by atoms with Crippen LogP contribution in [0.5, 0.6) is 0 Å². The minimum atomic E-state index is -0.204. The molecule has 140 valence electrons. The van der Waals surface area contributed by atoms with Crippen LogP contribution in [0, 0.1) is 0 Å². The largest absolute Gasteiger partial charge is 0.331 e. The molecule has 0 atom stereocenters. The highest BCUT2D eigenvalue weighted by molar-refractivity contribution is 7.21. The first-order chi connectivity index (χ1) is 13.6. The van der Waals surface area contributed by atoms with Gasteiger partial charge in [-0.3, -0.25) is 4.98 Å². The van der Waals surface area contributed by atoms with Crippen LogP contribution >= 0.6 is 11.3 Å². The summed E-state index contributed by atoms with van der Waals surface area (Å²) in [6, 6.07) is 11.0. The Morgan fingerprint density at radius 3 is 2.64 bits per heavy atom. The predicted octanol–water partition coefficient (Wildman–Crippen LogP) is 3.99. The summed E-state index contributed by atoms with van der Waals surface area (Å²) in [5.41, 5.74) is 3.33. The number of fused-ring (bicyclic) bond motifs is 1. The average Bonchev–Trinajstić information content (AvgIpc) is 3.10. The minimum Gasteiger partial charge on any atom is -0.331 e. The highest BCUT2D eigenvalue weighted by Crippen LogP contribution is 2.29. The number of thiazole rings is 1. The predicted molar refractivity (Wildman–Crippen MR) is 111 cm³/mol. The Kier molecular flexibility index (Phi) is 4.81. The van der Waals surface area contributed by atoms with E-state index in [9.17, 15) is 4.79 Å². The van der Waals surface area contributed by atoms with E-state index in [4.69, 9.17) is 0 Å². The number of carbonyl (C=O) groups is 1. The van der Waals surface area contributed by atoms with Crippen LogP contribution in [0.4, 0.5) is 21.4 Å². The molecule has 28 heavy (non-hydrogen) atoms. The maximum Gasteiger partial charge on any atom is 0.321 e. The Morgan fingerprint density at radius 2 is 1.86 bits per heavy atom. The molecule has 9 heteroatoms. The molecule has 2 amide bonds. The van der Waals surface area contributed by atoms with Gasteiger partial charge in [0.05, 0.1) is 5.69 Å². The molecule has 0 aliphatic rings. The number of anilines is 3. The zero-order chi connectivity index (χ0) is 19.5. The number of nitrogens with zero attached hydrogens (tertiary/aromatic N) is 5. The number of carbonyl (C=O) groups excluding carboxylic acids is 1. The molecule has 4 rings (SSSR count). The molecule has 0 aliphatic carbocycles. The molecule has 0 radical (unpaired) electrons. The van der Waals surface area contributed by atoms with Crippen molar-refractivity contribution in [2.45, 2.75) is 0 Å². The van der Waals surface area contributed by atoms with Crippen LogP contribution in [-0.2, 0) is 0 Å². The van der Waals surface area contributed by atoms with Gasteiger partial charge in [0.25, 0.3) is 0 Å². The third-order valence-corrected chi connectivity index (χ3v) is 4.76. The molecule has 0 aliphatic heterocycles. The van der Waals surface area contributed by atoms with Crippen molar-refractivity contribution in [3.8, 4) is 11.3 Å². The van der Waals surface area contributed by atoms with Gasteiger partial charge in [-0.2, -0.15) is 0 Å². The van der Waals surface area contributed by atoms with Crippen LogP contribution in [0.15, 0.2) is 55.0 Å². The zero-order valence-electron chi connectivity index (χ0n) is 15.2. The second kappa shape index (κ2) is 7.57. The van der Waals surface area contributed by atoms with Crippen LogP contribution in [-0.4, -0.2) is 45.0 Å². The summed E-state index contributed by atoms with van der Waals surface area (Å²) in [5.74, 6) is 0.588. The number of nitrogens with one attached hydrogen (secondary N) is 2. The Morgan fingerprint density at radius 1 is 1.04 bits per heavy atom. The lowest BCUT2D eigenvalue weighted by Crippen LogP contribution is -2.27. The number of urea groups is 1. The fraction of sp³-hybridized carbons (Fsp3) is 0.105. The first-order valence-electron chi connectivity index (χ1n) is 8.48. The van der Waals surface area contributed by atoms with E-state index in [2.05, 4.69) is 30.6 Å². The summed E-state index contributed by atoms with van der Waals surface area (Å²) < 4.78 is 0. The van der Waals surface area contributed by atoms with Crippen molar-refractivity contribution >= 4 is 44.4 Å². The summed E-state index contributed by atoms with van der Waals surface area (Å²) in [7, 11) is 3.37. The number of hydrogen-bond donors (Lipinski definition) is 2. The van der Waals surface area contributed by atoms with E-state index in [-0.39, 0.29) is 6.03 Å². The van der Waals surface area contributed by atoms with Crippen LogP contribution in [0.25, 0.3) is 21.6 Å². The molecule has 4 aromatic rings. The minimum absolute atomic E-state index is 0.204. The molecule has 0 saturated carbocycles. The highest BCUT2D eigenvalue weighted by Gasteiger charge is 2.09. The summed E-state index contributed by atoms with van der Waals surface area (Å²) >= 11 is 1.44. The Bertz CT molecular complexity index is 1130. The monoisotopic (exact) mass is 391 g/mol. The summed E-state index contributed by atoms with van der Waals surface area (Å²) in [6.07, 6.45) is 5.12. The van der Waals surface area contributed by atoms with Gasteiger partial charge in [-0.05, 0) is 30.3 Å². The molecule has 8 nitrogen and oxygen atoms in total. The van der Waals surface area contributed by atoms with Crippen LogP contribution in [0.2, 0.25) is 0 Å². The molecule has 0 spiro atoms. The third kappa shape index (κ3) is 3.89. The molecule has 0 fully saturated rings. The van der Waals surface area contributed by atoms with Gasteiger partial charge in [0.1, 0.15) is 16.2 Å². The lowest BCUT2D eigenvalue weighted by molar-refractivity contribution is 0.230. The first-order valence-corrected chi connectivity index (χ1v) is 9.29. The van der Waals surface area contributed by atoms with Crippen molar-refractivity contribution in [1.29, 1.82) is 0 Å². The van der Waals surface area contributed by atoms with Gasteiger partial charge in [0.15, 0.2) is 5.13 Å². The van der Waals surface area contributed by atoms with Crippen LogP contribution in [0.1, 0.15) is 0 Å². The van der Waals surface area contributed by atoms with Gasteiger partial charge < -0.3 is 15.5 Å². The van der Waals surface area contributed by atoms with Crippen molar-refractivity contribution < 1.29 is 4.79 Å².